The van der Waals surface area contributed by atoms with Gasteiger partial charge in [0.25, 0.3) is 0 Å². The number of esters is 1. The SMILES string of the molecule is CCCOc1c(OCc2ccccc2)cc([C@@H]2CC[C@@H](c3cc(OC)c(OC)c(OC)c3)O2)cc1S(=O)(=O)C[C@@H](C)OC(=O)[C@H](OC)c1ccccc1. The quantitative estimate of drug-likeness (QED) is 0.0927. The molecular formula is C41H48O11S. The van der Waals surface area contributed by atoms with E-state index in [1.54, 1.807) is 64.7 Å². The van der Waals surface area contributed by atoms with E-state index in [0.717, 1.165) is 11.1 Å². The first-order valence-electron chi connectivity index (χ1n) is 17.6. The van der Waals surface area contributed by atoms with Crippen LogP contribution in [0.25, 0.3) is 0 Å². The van der Waals surface area contributed by atoms with Gasteiger partial charge in [-0.3, -0.25) is 0 Å². The van der Waals surface area contributed by atoms with Crippen molar-refractivity contribution in [3.63, 3.8) is 0 Å². The number of rotatable bonds is 18. The lowest BCUT2D eigenvalue weighted by atomic mass is 10.0. The van der Waals surface area contributed by atoms with Crippen molar-refractivity contribution in [2.45, 2.75) is 69.0 Å². The smallest absolute Gasteiger partial charge is 0.340 e. The van der Waals surface area contributed by atoms with E-state index in [4.69, 9.17) is 37.9 Å². The molecule has 1 aliphatic heterocycles. The van der Waals surface area contributed by atoms with Crippen molar-refractivity contribution < 1.29 is 51.1 Å². The minimum atomic E-state index is -4.14. The van der Waals surface area contributed by atoms with Gasteiger partial charge in [-0.05, 0) is 72.7 Å². The zero-order valence-electron chi connectivity index (χ0n) is 31.0. The largest absolute Gasteiger partial charge is 0.493 e. The Morgan fingerprint density at radius 1 is 0.774 bits per heavy atom. The van der Waals surface area contributed by atoms with Gasteiger partial charge in [-0.1, -0.05) is 67.6 Å². The summed E-state index contributed by atoms with van der Waals surface area (Å²) in [6.07, 6.45) is -0.962. The summed E-state index contributed by atoms with van der Waals surface area (Å²) in [4.78, 5) is 13.1. The fourth-order valence-electron chi connectivity index (χ4n) is 6.31. The number of hydrogen-bond acceptors (Lipinski definition) is 11. The van der Waals surface area contributed by atoms with Crippen molar-refractivity contribution in [1.82, 2.24) is 0 Å². The molecule has 12 heteroatoms. The third kappa shape index (κ3) is 9.61. The van der Waals surface area contributed by atoms with Gasteiger partial charge in [-0.25, -0.2) is 13.2 Å². The maximum absolute atomic E-state index is 14.4. The lowest BCUT2D eigenvalue weighted by Gasteiger charge is -2.22. The Morgan fingerprint density at radius 3 is 1.92 bits per heavy atom. The van der Waals surface area contributed by atoms with E-state index in [1.807, 2.05) is 55.5 Å². The fourth-order valence-corrected chi connectivity index (χ4v) is 7.93. The lowest BCUT2D eigenvalue weighted by molar-refractivity contribution is -0.159. The molecule has 0 bridgehead atoms. The number of methoxy groups -OCH3 is 4. The van der Waals surface area contributed by atoms with Crippen LogP contribution in [0.5, 0.6) is 28.7 Å². The van der Waals surface area contributed by atoms with E-state index in [0.29, 0.717) is 47.6 Å². The van der Waals surface area contributed by atoms with E-state index in [2.05, 4.69) is 0 Å². The van der Waals surface area contributed by atoms with Gasteiger partial charge in [0.05, 0.1) is 45.9 Å². The molecule has 1 aliphatic rings. The van der Waals surface area contributed by atoms with Crippen molar-refractivity contribution >= 4 is 15.8 Å². The lowest BCUT2D eigenvalue weighted by Crippen LogP contribution is -2.28. The van der Waals surface area contributed by atoms with Gasteiger partial charge in [-0.2, -0.15) is 0 Å². The Kier molecular flexibility index (Phi) is 13.6. The molecule has 0 unspecified atom stereocenters. The van der Waals surface area contributed by atoms with E-state index in [1.165, 1.54) is 7.11 Å². The molecule has 1 saturated heterocycles. The average molecular weight is 749 g/mol. The average Bonchev–Trinajstić information content (AvgIpc) is 3.67. The van der Waals surface area contributed by atoms with Gasteiger partial charge in [0, 0.05) is 7.11 Å². The Bertz CT molecular complexity index is 1890. The highest BCUT2D eigenvalue weighted by atomic mass is 32.2. The summed E-state index contributed by atoms with van der Waals surface area (Å²) in [6, 6.07) is 25.6. The standard InChI is InChI=1S/C41H48O11S/c1-7-20-49-40-36(50-25-28-14-10-8-11-15-28)23-31(33-19-18-32(52-33)30-21-34(45-3)39(48-6)35(22-30)46-4)24-37(40)53(43,44)26-27(2)51-41(42)38(47-5)29-16-12-9-13-17-29/h8-17,21-24,27,32-33,38H,7,18-20,25-26H2,1-6H3/t27-,32+,33+,38-/m1/s1. The molecule has 0 saturated carbocycles. The number of sulfone groups is 1. The van der Waals surface area contributed by atoms with Crippen LogP contribution < -0.4 is 23.7 Å². The molecule has 284 valence electrons. The highest BCUT2D eigenvalue weighted by molar-refractivity contribution is 7.91. The molecule has 1 fully saturated rings. The van der Waals surface area contributed by atoms with Gasteiger partial charge < -0.3 is 37.9 Å². The Labute approximate surface area is 311 Å². The van der Waals surface area contributed by atoms with E-state index >= 15 is 0 Å². The van der Waals surface area contributed by atoms with Crippen LogP contribution in [-0.2, 0) is 35.4 Å². The Hall–Kier alpha value is -4.78. The van der Waals surface area contributed by atoms with Gasteiger partial charge in [0.2, 0.25) is 5.75 Å². The van der Waals surface area contributed by atoms with Crippen molar-refractivity contribution in [3.05, 3.63) is 107 Å². The summed E-state index contributed by atoms with van der Waals surface area (Å²) in [7, 11) is 1.92. The maximum atomic E-state index is 14.4. The maximum Gasteiger partial charge on any atom is 0.340 e. The molecule has 1 heterocycles. The zero-order chi connectivity index (χ0) is 38.0. The predicted molar refractivity (Wildman–Crippen MR) is 199 cm³/mol. The zero-order valence-corrected chi connectivity index (χ0v) is 31.9. The van der Waals surface area contributed by atoms with Crippen LogP contribution in [0, 0.1) is 0 Å². The van der Waals surface area contributed by atoms with Crippen LogP contribution in [0.3, 0.4) is 0 Å². The minimum Gasteiger partial charge on any atom is -0.493 e. The summed E-state index contributed by atoms with van der Waals surface area (Å²) in [5.41, 5.74) is 2.94. The molecular weight excluding hydrogens is 701 g/mol. The van der Waals surface area contributed by atoms with E-state index in [9.17, 15) is 13.2 Å². The van der Waals surface area contributed by atoms with Gasteiger partial charge >= 0.3 is 5.97 Å². The highest BCUT2D eigenvalue weighted by Crippen LogP contribution is 2.48. The summed E-state index contributed by atoms with van der Waals surface area (Å²) >= 11 is 0. The fraction of sp³-hybridized carbons (Fsp3) is 0.390. The minimum absolute atomic E-state index is 0.0689. The molecule has 4 atom stereocenters. The van der Waals surface area contributed by atoms with Crippen LogP contribution in [0.4, 0.5) is 0 Å². The van der Waals surface area contributed by atoms with Gasteiger partial charge in [0.15, 0.2) is 38.9 Å². The molecule has 4 aromatic rings. The van der Waals surface area contributed by atoms with Gasteiger partial charge in [0.1, 0.15) is 17.6 Å². The van der Waals surface area contributed by atoms with E-state index < -0.39 is 39.9 Å². The van der Waals surface area contributed by atoms with Crippen molar-refractivity contribution in [2.75, 3.05) is 40.8 Å². The number of benzene rings is 4. The normalized spacial score (nSPS) is 16.7. The number of hydrogen-bond donors (Lipinski definition) is 0. The molecule has 0 spiro atoms. The Morgan fingerprint density at radius 2 is 1.36 bits per heavy atom. The second-order valence-electron chi connectivity index (χ2n) is 12.7. The van der Waals surface area contributed by atoms with E-state index in [-0.39, 0.29) is 35.7 Å². The molecule has 5 rings (SSSR count). The Balaban J connectivity index is 1.48. The molecule has 11 nitrogen and oxygen atoms in total. The summed E-state index contributed by atoms with van der Waals surface area (Å²) in [5.74, 6) is 0.659. The molecule has 4 aromatic carbocycles. The third-order valence-corrected chi connectivity index (χ3v) is 10.7. The molecule has 0 aromatic heterocycles. The number of ether oxygens (including phenoxy) is 8. The van der Waals surface area contributed by atoms with Crippen LogP contribution in [0.15, 0.2) is 89.8 Å². The molecule has 0 amide bonds. The van der Waals surface area contributed by atoms with Crippen LogP contribution >= 0.6 is 0 Å². The number of carbonyl (C=O) groups excluding carboxylic acids is 1. The van der Waals surface area contributed by atoms with Crippen LogP contribution in [0.2, 0.25) is 0 Å². The summed E-state index contributed by atoms with van der Waals surface area (Å²) in [5, 5.41) is 0. The van der Waals surface area contributed by atoms with Crippen molar-refractivity contribution in [2.24, 2.45) is 0 Å². The molecule has 0 N–H and O–H groups in total. The van der Waals surface area contributed by atoms with Gasteiger partial charge in [-0.15, -0.1) is 0 Å². The predicted octanol–water partition coefficient (Wildman–Crippen LogP) is 7.77. The first-order valence-corrected chi connectivity index (χ1v) is 19.2. The second-order valence-corrected chi connectivity index (χ2v) is 14.7. The number of carbonyl (C=O) groups is 1. The monoisotopic (exact) mass is 748 g/mol. The van der Waals surface area contributed by atoms with Crippen LogP contribution in [-0.4, -0.2) is 61.3 Å². The summed E-state index contributed by atoms with van der Waals surface area (Å²) < 4.78 is 75.5. The topological polar surface area (TPSA) is 125 Å². The first-order chi connectivity index (χ1) is 25.6. The molecule has 0 radical (unpaired) electrons. The van der Waals surface area contributed by atoms with Crippen LogP contribution in [0.1, 0.15) is 73.7 Å². The summed E-state index contributed by atoms with van der Waals surface area (Å²) in [6.45, 7) is 3.91. The third-order valence-electron chi connectivity index (χ3n) is 8.84. The second kappa shape index (κ2) is 18.3. The van der Waals surface area contributed by atoms with Crippen molar-refractivity contribution in [3.8, 4) is 28.7 Å². The first kappa shape index (κ1) is 39.4. The van der Waals surface area contributed by atoms with Crippen molar-refractivity contribution in [1.29, 1.82) is 0 Å². The molecule has 53 heavy (non-hydrogen) atoms. The molecule has 0 aliphatic carbocycles. The highest BCUT2D eigenvalue weighted by Gasteiger charge is 2.34.